The van der Waals surface area contributed by atoms with Crippen LogP contribution in [0.4, 0.5) is 5.69 Å². The van der Waals surface area contributed by atoms with E-state index in [1.807, 2.05) is 37.3 Å². The van der Waals surface area contributed by atoms with Gasteiger partial charge in [-0.1, -0.05) is 42.5 Å². The van der Waals surface area contributed by atoms with Gasteiger partial charge in [-0.2, -0.15) is 0 Å². The molecule has 3 aromatic carbocycles. The van der Waals surface area contributed by atoms with Crippen molar-refractivity contribution < 1.29 is 19.1 Å². The van der Waals surface area contributed by atoms with Crippen LogP contribution in [-0.4, -0.2) is 25.0 Å². The van der Waals surface area contributed by atoms with Gasteiger partial charge in [0.15, 0.2) is 6.10 Å². The molecule has 0 heterocycles. The number of amides is 2. The van der Waals surface area contributed by atoms with Gasteiger partial charge in [0.05, 0.1) is 24.4 Å². The van der Waals surface area contributed by atoms with Crippen molar-refractivity contribution in [1.29, 1.82) is 0 Å². The minimum atomic E-state index is -0.757. The van der Waals surface area contributed by atoms with Crippen LogP contribution in [0.2, 0.25) is 0 Å². The molecule has 0 aromatic heterocycles. The number of carbonyl (C=O) groups is 2. The second-order valence-electron chi connectivity index (χ2n) is 7.08. The van der Waals surface area contributed by atoms with Crippen LogP contribution in [0.1, 0.15) is 35.8 Å². The summed E-state index contributed by atoms with van der Waals surface area (Å²) in [5.74, 6) is 0.628. The molecular formula is C25H26N2O4. The number of hydrogen-bond donors (Lipinski definition) is 2. The molecule has 160 valence electrons. The Morgan fingerprint density at radius 1 is 0.806 bits per heavy atom. The Morgan fingerprint density at radius 2 is 1.42 bits per heavy atom. The van der Waals surface area contributed by atoms with Gasteiger partial charge < -0.3 is 20.1 Å². The molecule has 2 atom stereocenters. The van der Waals surface area contributed by atoms with Gasteiger partial charge in [0.2, 0.25) is 0 Å². The van der Waals surface area contributed by atoms with Crippen molar-refractivity contribution in [2.75, 3.05) is 12.4 Å². The van der Waals surface area contributed by atoms with Crippen LogP contribution < -0.4 is 20.1 Å². The fourth-order valence-electron chi connectivity index (χ4n) is 3.04. The van der Waals surface area contributed by atoms with Gasteiger partial charge in [0.25, 0.3) is 11.8 Å². The van der Waals surface area contributed by atoms with Crippen LogP contribution in [0.25, 0.3) is 0 Å². The minimum absolute atomic E-state index is 0.171. The third-order valence-electron chi connectivity index (χ3n) is 4.82. The highest BCUT2D eigenvalue weighted by Gasteiger charge is 2.19. The zero-order valence-electron chi connectivity index (χ0n) is 17.8. The molecule has 0 saturated heterocycles. The van der Waals surface area contributed by atoms with E-state index in [2.05, 4.69) is 10.6 Å². The summed E-state index contributed by atoms with van der Waals surface area (Å²) in [4.78, 5) is 25.5. The lowest BCUT2D eigenvalue weighted by Gasteiger charge is -2.18. The quantitative estimate of drug-likeness (QED) is 0.561. The van der Waals surface area contributed by atoms with Crippen LogP contribution in [-0.2, 0) is 4.79 Å². The lowest BCUT2D eigenvalue weighted by atomic mass is 10.1. The second-order valence-corrected chi connectivity index (χ2v) is 7.08. The summed E-state index contributed by atoms with van der Waals surface area (Å²) in [5, 5.41) is 5.77. The molecule has 6 heteroatoms. The lowest BCUT2D eigenvalue weighted by molar-refractivity contribution is -0.122. The van der Waals surface area contributed by atoms with Crippen molar-refractivity contribution in [3.05, 3.63) is 90.0 Å². The third-order valence-corrected chi connectivity index (χ3v) is 4.82. The van der Waals surface area contributed by atoms with E-state index in [4.69, 9.17) is 9.47 Å². The molecule has 6 nitrogen and oxygen atoms in total. The smallest absolute Gasteiger partial charge is 0.265 e. The Kier molecular flexibility index (Phi) is 7.27. The van der Waals surface area contributed by atoms with Crippen LogP contribution in [0, 0.1) is 0 Å². The summed E-state index contributed by atoms with van der Waals surface area (Å²) < 4.78 is 10.8. The Labute approximate surface area is 182 Å². The van der Waals surface area contributed by atoms with Crippen molar-refractivity contribution >= 4 is 17.5 Å². The predicted molar refractivity (Wildman–Crippen MR) is 120 cm³/mol. The summed E-state index contributed by atoms with van der Waals surface area (Å²) in [6, 6.07) is 23.4. The molecule has 3 rings (SSSR count). The van der Waals surface area contributed by atoms with Gasteiger partial charge in [-0.05, 0) is 55.8 Å². The molecule has 0 unspecified atom stereocenters. The Balaban J connectivity index is 1.66. The third kappa shape index (κ3) is 5.85. The first-order valence-electron chi connectivity index (χ1n) is 10.0. The van der Waals surface area contributed by atoms with E-state index in [0.717, 1.165) is 5.56 Å². The van der Waals surface area contributed by atoms with E-state index >= 15 is 0 Å². The van der Waals surface area contributed by atoms with Crippen LogP contribution in [0.5, 0.6) is 11.5 Å². The van der Waals surface area contributed by atoms with Gasteiger partial charge in [-0.25, -0.2) is 0 Å². The molecule has 0 spiro atoms. The van der Waals surface area contributed by atoms with E-state index < -0.39 is 6.10 Å². The first kappa shape index (κ1) is 21.9. The van der Waals surface area contributed by atoms with Crippen molar-refractivity contribution in [3.63, 3.8) is 0 Å². The van der Waals surface area contributed by atoms with E-state index in [1.54, 1.807) is 62.6 Å². The maximum atomic E-state index is 12.8. The normalized spacial score (nSPS) is 12.4. The summed E-state index contributed by atoms with van der Waals surface area (Å²) in [6.07, 6.45) is -0.757. The highest BCUT2D eigenvalue weighted by Crippen LogP contribution is 2.20. The average molecular weight is 418 g/mol. The molecule has 31 heavy (non-hydrogen) atoms. The predicted octanol–water partition coefficient (Wildman–Crippen LogP) is 4.59. The summed E-state index contributed by atoms with van der Waals surface area (Å²) >= 11 is 0. The number of anilines is 1. The highest BCUT2D eigenvalue weighted by molar-refractivity contribution is 6.04. The van der Waals surface area contributed by atoms with Crippen molar-refractivity contribution in [3.8, 4) is 11.5 Å². The fraction of sp³-hybridized carbons (Fsp3) is 0.200. The monoisotopic (exact) mass is 418 g/mol. The van der Waals surface area contributed by atoms with E-state index in [9.17, 15) is 9.59 Å². The second kappa shape index (κ2) is 10.3. The fourth-order valence-corrected chi connectivity index (χ4v) is 3.04. The molecule has 0 aliphatic heterocycles. The number of rotatable bonds is 8. The summed E-state index contributed by atoms with van der Waals surface area (Å²) in [5.41, 5.74) is 1.81. The van der Waals surface area contributed by atoms with Gasteiger partial charge in [-0.15, -0.1) is 0 Å². The molecule has 0 aliphatic carbocycles. The molecule has 0 radical (unpaired) electrons. The van der Waals surface area contributed by atoms with E-state index in [1.165, 1.54) is 0 Å². The largest absolute Gasteiger partial charge is 0.497 e. The standard InChI is InChI=1S/C25H26N2O4/c1-17(19-9-5-4-6-10-19)26-25(29)22-11-7-8-12-23(22)27-24(28)18(2)31-21-15-13-20(30-3)14-16-21/h4-18H,1-3H3,(H,26,29)(H,27,28)/t17-,18+/m0/s1. The highest BCUT2D eigenvalue weighted by atomic mass is 16.5. The van der Waals surface area contributed by atoms with Gasteiger partial charge in [0, 0.05) is 0 Å². The minimum Gasteiger partial charge on any atom is -0.497 e. The van der Waals surface area contributed by atoms with E-state index in [-0.39, 0.29) is 17.9 Å². The Bertz CT molecular complexity index is 1020. The zero-order valence-corrected chi connectivity index (χ0v) is 17.8. The molecule has 0 bridgehead atoms. The van der Waals surface area contributed by atoms with Crippen LogP contribution in [0.15, 0.2) is 78.9 Å². The number of nitrogens with one attached hydrogen (secondary N) is 2. The molecule has 3 aromatic rings. The number of para-hydroxylation sites is 1. The van der Waals surface area contributed by atoms with Gasteiger partial charge in [0.1, 0.15) is 11.5 Å². The number of carbonyl (C=O) groups excluding carboxylic acids is 2. The van der Waals surface area contributed by atoms with Crippen LogP contribution in [0.3, 0.4) is 0 Å². The zero-order chi connectivity index (χ0) is 22.2. The first-order chi connectivity index (χ1) is 15.0. The molecule has 2 amide bonds. The number of methoxy groups -OCH3 is 1. The van der Waals surface area contributed by atoms with E-state index in [0.29, 0.717) is 22.7 Å². The maximum Gasteiger partial charge on any atom is 0.265 e. The number of ether oxygens (including phenoxy) is 2. The van der Waals surface area contributed by atoms with Crippen molar-refractivity contribution in [1.82, 2.24) is 5.32 Å². The first-order valence-corrected chi connectivity index (χ1v) is 10.0. The SMILES string of the molecule is COc1ccc(O[C@H](C)C(=O)Nc2ccccc2C(=O)N[C@@H](C)c2ccccc2)cc1. The van der Waals surface area contributed by atoms with Gasteiger partial charge in [-0.3, -0.25) is 9.59 Å². The maximum absolute atomic E-state index is 12.8. The molecular weight excluding hydrogens is 392 g/mol. The lowest BCUT2D eigenvalue weighted by Crippen LogP contribution is -2.32. The van der Waals surface area contributed by atoms with Gasteiger partial charge >= 0.3 is 0 Å². The molecule has 0 saturated carbocycles. The topological polar surface area (TPSA) is 76.7 Å². The van der Waals surface area contributed by atoms with Crippen molar-refractivity contribution in [2.24, 2.45) is 0 Å². The van der Waals surface area contributed by atoms with Crippen molar-refractivity contribution in [2.45, 2.75) is 26.0 Å². The summed E-state index contributed by atoms with van der Waals surface area (Å²) in [7, 11) is 1.58. The molecule has 0 aliphatic rings. The molecule has 0 fully saturated rings. The summed E-state index contributed by atoms with van der Waals surface area (Å²) in [6.45, 7) is 3.57. The Hall–Kier alpha value is -3.80. The Morgan fingerprint density at radius 3 is 2.10 bits per heavy atom. The number of benzene rings is 3. The molecule has 2 N–H and O–H groups in total. The van der Waals surface area contributed by atoms with Crippen LogP contribution >= 0.6 is 0 Å². The average Bonchev–Trinajstić information content (AvgIpc) is 2.80. The number of hydrogen-bond acceptors (Lipinski definition) is 4.